The molecule has 0 bridgehead atoms. The lowest BCUT2D eigenvalue weighted by Gasteiger charge is -2.27. The van der Waals surface area contributed by atoms with Gasteiger partial charge in [0.05, 0.1) is 11.6 Å². The third kappa shape index (κ3) is 0.724. The first-order valence-electron chi connectivity index (χ1n) is 3.93. The normalized spacial score (nSPS) is 45.5. The van der Waals surface area contributed by atoms with Gasteiger partial charge < -0.3 is 10.4 Å². The molecule has 1 saturated heterocycles. The van der Waals surface area contributed by atoms with E-state index in [1.54, 1.807) is 0 Å². The Hall–Kier alpha value is -0.340. The van der Waals surface area contributed by atoms with Crippen LogP contribution >= 0.6 is 0 Å². The average molecular weight is 139 g/mol. The van der Waals surface area contributed by atoms with E-state index in [0.717, 1.165) is 19.4 Å². The van der Waals surface area contributed by atoms with Crippen molar-refractivity contribution in [3.05, 3.63) is 12.2 Å². The highest BCUT2D eigenvalue weighted by Crippen LogP contribution is 2.32. The molecule has 2 atom stereocenters. The van der Waals surface area contributed by atoms with E-state index in [1.165, 1.54) is 6.42 Å². The van der Waals surface area contributed by atoms with Crippen LogP contribution in [-0.4, -0.2) is 23.3 Å². The standard InChI is InChI=1S/C8H13NO/c10-7-3-1-4-8(7)5-2-6-9-8/h1,3,7,9-10H,2,4-6H2/t7-,8-/m1/s1. The first kappa shape index (κ1) is 6.38. The summed E-state index contributed by atoms with van der Waals surface area (Å²) in [5.74, 6) is 0. The lowest BCUT2D eigenvalue weighted by Crippen LogP contribution is -2.46. The minimum Gasteiger partial charge on any atom is -0.387 e. The molecule has 1 heterocycles. The Balaban J connectivity index is 2.15. The Kier molecular flexibility index (Phi) is 1.32. The molecule has 0 aromatic rings. The van der Waals surface area contributed by atoms with E-state index in [2.05, 4.69) is 11.4 Å². The molecule has 10 heavy (non-hydrogen) atoms. The van der Waals surface area contributed by atoms with Crippen molar-refractivity contribution >= 4 is 0 Å². The monoisotopic (exact) mass is 139 g/mol. The van der Waals surface area contributed by atoms with Gasteiger partial charge in [-0.05, 0) is 25.8 Å². The highest BCUT2D eigenvalue weighted by Gasteiger charge is 2.40. The van der Waals surface area contributed by atoms with E-state index >= 15 is 0 Å². The van der Waals surface area contributed by atoms with Gasteiger partial charge in [-0.3, -0.25) is 0 Å². The van der Waals surface area contributed by atoms with Gasteiger partial charge in [0, 0.05) is 0 Å². The summed E-state index contributed by atoms with van der Waals surface area (Å²) in [6, 6.07) is 0. The SMILES string of the molecule is O[C@@H]1C=CC[C@@]12CCCN2. The maximum Gasteiger partial charge on any atom is 0.0905 e. The Morgan fingerprint density at radius 1 is 1.60 bits per heavy atom. The molecular weight excluding hydrogens is 126 g/mol. The van der Waals surface area contributed by atoms with Gasteiger partial charge in [-0.2, -0.15) is 0 Å². The van der Waals surface area contributed by atoms with Crippen molar-refractivity contribution < 1.29 is 5.11 Å². The van der Waals surface area contributed by atoms with Crippen molar-refractivity contribution in [1.82, 2.24) is 5.32 Å². The number of aliphatic hydroxyl groups excluding tert-OH is 1. The summed E-state index contributed by atoms with van der Waals surface area (Å²) >= 11 is 0. The first-order valence-corrected chi connectivity index (χ1v) is 3.93. The van der Waals surface area contributed by atoms with Crippen LogP contribution in [0.2, 0.25) is 0 Å². The minimum atomic E-state index is -0.241. The molecule has 0 aromatic heterocycles. The van der Waals surface area contributed by atoms with Crippen LogP contribution < -0.4 is 5.32 Å². The third-order valence-corrected chi connectivity index (χ3v) is 2.64. The van der Waals surface area contributed by atoms with Gasteiger partial charge >= 0.3 is 0 Å². The molecule has 2 aliphatic rings. The van der Waals surface area contributed by atoms with Crippen LogP contribution in [-0.2, 0) is 0 Å². The van der Waals surface area contributed by atoms with E-state index in [9.17, 15) is 5.11 Å². The van der Waals surface area contributed by atoms with E-state index in [1.807, 2.05) is 6.08 Å². The molecule has 1 spiro atoms. The van der Waals surface area contributed by atoms with Gasteiger partial charge in [0.2, 0.25) is 0 Å². The lowest BCUT2D eigenvalue weighted by molar-refractivity contribution is 0.124. The zero-order chi connectivity index (χ0) is 7.03. The second-order valence-electron chi connectivity index (χ2n) is 3.26. The Bertz CT molecular complexity index is 159. The Morgan fingerprint density at radius 2 is 2.50 bits per heavy atom. The second-order valence-corrected chi connectivity index (χ2v) is 3.26. The van der Waals surface area contributed by atoms with E-state index in [0.29, 0.717) is 0 Å². The molecule has 0 radical (unpaired) electrons. The number of hydrogen-bond donors (Lipinski definition) is 2. The number of nitrogens with one attached hydrogen (secondary N) is 1. The van der Waals surface area contributed by atoms with Crippen LogP contribution in [0.25, 0.3) is 0 Å². The van der Waals surface area contributed by atoms with Crippen molar-refractivity contribution in [2.45, 2.75) is 30.9 Å². The van der Waals surface area contributed by atoms with Crippen LogP contribution in [0.5, 0.6) is 0 Å². The summed E-state index contributed by atoms with van der Waals surface area (Å²) in [5.41, 5.74) is 0.0417. The Labute approximate surface area is 60.9 Å². The molecule has 2 heteroatoms. The van der Waals surface area contributed by atoms with Crippen LogP contribution in [0.1, 0.15) is 19.3 Å². The van der Waals surface area contributed by atoms with Gasteiger partial charge in [-0.15, -0.1) is 0 Å². The quantitative estimate of drug-likeness (QED) is 0.477. The summed E-state index contributed by atoms with van der Waals surface area (Å²) in [5, 5.41) is 12.9. The Morgan fingerprint density at radius 3 is 3.00 bits per heavy atom. The molecule has 0 unspecified atom stereocenters. The first-order chi connectivity index (χ1) is 4.83. The molecule has 2 nitrogen and oxygen atoms in total. The van der Waals surface area contributed by atoms with Crippen LogP contribution in [0.4, 0.5) is 0 Å². The fourth-order valence-corrected chi connectivity index (χ4v) is 1.97. The average Bonchev–Trinajstić information content (AvgIpc) is 2.48. The zero-order valence-electron chi connectivity index (χ0n) is 6.01. The zero-order valence-corrected chi connectivity index (χ0v) is 6.01. The van der Waals surface area contributed by atoms with Crippen LogP contribution in [0.15, 0.2) is 12.2 Å². The largest absolute Gasteiger partial charge is 0.387 e. The highest BCUT2D eigenvalue weighted by atomic mass is 16.3. The lowest BCUT2D eigenvalue weighted by atomic mass is 9.92. The summed E-state index contributed by atoms with van der Waals surface area (Å²) in [6.45, 7) is 1.07. The molecule has 1 aliphatic heterocycles. The van der Waals surface area contributed by atoms with Crippen molar-refractivity contribution in [2.75, 3.05) is 6.54 Å². The van der Waals surface area contributed by atoms with Gasteiger partial charge in [0.25, 0.3) is 0 Å². The summed E-state index contributed by atoms with van der Waals surface area (Å²) in [7, 11) is 0. The molecule has 2 rings (SSSR count). The van der Waals surface area contributed by atoms with Crippen molar-refractivity contribution in [1.29, 1.82) is 0 Å². The molecule has 0 aromatic carbocycles. The van der Waals surface area contributed by atoms with Crippen LogP contribution in [0.3, 0.4) is 0 Å². The molecule has 2 N–H and O–H groups in total. The molecular formula is C8H13NO. The van der Waals surface area contributed by atoms with E-state index in [-0.39, 0.29) is 11.6 Å². The van der Waals surface area contributed by atoms with E-state index in [4.69, 9.17) is 0 Å². The topological polar surface area (TPSA) is 32.3 Å². The minimum absolute atomic E-state index is 0.0417. The fraction of sp³-hybridized carbons (Fsp3) is 0.750. The maximum absolute atomic E-state index is 9.53. The van der Waals surface area contributed by atoms with Crippen molar-refractivity contribution in [3.63, 3.8) is 0 Å². The third-order valence-electron chi connectivity index (χ3n) is 2.64. The van der Waals surface area contributed by atoms with Crippen molar-refractivity contribution in [3.8, 4) is 0 Å². The summed E-state index contributed by atoms with van der Waals surface area (Å²) in [6.07, 6.45) is 7.07. The smallest absolute Gasteiger partial charge is 0.0905 e. The van der Waals surface area contributed by atoms with E-state index < -0.39 is 0 Å². The van der Waals surface area contributed by atoms with Crippen LogP contribution in [0, 0.1) is 0 Å². The molecule has 1 fully saturated rings. The summed E-state index contributed by atoms with van der Waals surface area (Å²) in [4.78, 5) is 0. The molecule has 1 aliphatic carbocycles. The number of aliphatic hydroxyl groups is 1. The molecule has 0 saturated carbocycles. The summed E-state index contributed by atoms with van der Waals surface area (Å²) < 4.78 is 0. The maximum atomic E-state index is 9.53. The predicted octanol–water partition coefficient (Wildman–Crippen LogP) is 0.429. The number of hydrogen-bond acceptors (Lipinski definition) is 2. The molecule has 0 amide bonds. The predicted molar refractivity (Wildman–Crippen MR) is 39.7 cm³/mol. The second kappa shape index (κ2) is 2.07. The van der Waals surface area contributed by atoms with Gasteiger partial charge in [0.1, 0.15) is 0 Å². The fourth-order valence-electron chi connectivity index (χ4n) is 1.97. The van der Waals surface area contributed by atoms with Gasteiger partial charge in [-0.1, -0.05) is 12.2 Å². The highest BCUT2D eigenvalue weighted by molar-refractivity contribution is 5.16. The molecule has 56 valence electrons. The van der Waals surface area contributed by atoms with Gasteiger partial charge in [0.15, 0.2) is 0 Å². The van der Waals surface area contributed by atoms with Gasteiger partial charge in [-0.25, -0.2) is 0 Å². The number of rotatable bonds is 0. The van der Waals surface area contributed by atoms with Crippen molar-refractivity contribution in [2.24, 2.45) is 0 Å².